The molecule has 0 aliphatic carbocycles. The first-order valence-electron chi connectivity index (χ1n) is 22.6. The molecule has 3 N–H and O–H groups in total. The molecule has 0 spiro atoms. The summed E-state index contributed by atoms with van der Waals surface area (Å²) in [5.41, 5.74) is 0. The number of carbonyl (C=O) groups is 2. The lowest BCUT2D eigenvalue weighted by atomic mass is 10.1. The van der Waals surface area contributed by atoms with Crippen LogP contribution in [-0.4, -0.2) is 65.7 Å². The van der Waals surface area contributed by atoms with Crippen molar-refractivity contribution in [1.29, 1.82) is 0 Å². The lowest BCUT2D eigenvalue weighted by molar-refractivity contribution is -0.153. The number of allylic oxidation sites excluding steroid dienone is 8. The van der Waals surface area contributed by atoms with Crippen LogP contribution in [0, 0.1) is 0 Å². The Bertz CT molecular complexity index is 1090. The SMILES string of the molecule is CCCCCC/C=C\C/C=C\CCCCCCCCCC(=O)OC(CO)COP(=O)(O)OCC(CO)OC(=O)CCCCCCC/C=C\C/C=C\CCCCCC. The number of unbranched alkanes of at least 4 members (excludes halogenated alkanes) is 20. The van der Waals surface area contributed by atoms with E-state index in [1.54, 1.807) is 0 Å². The summed E-state index contributed by atoms with van der Waals surface area (Å²) < 4.78 is 32.6. The molecule has 0 aliphatic heterocycles. The monoisotopic (exact) mass is 827 g/mol. The molecular formula is C46H83O10P. The highest BCUT2D eigenvalue weighted by molar-refractivity contribution is 7.47. The normalized spacial score (nSPS) is 14.3. The fraction of sp³-hybridized carbons (Fsp3) is 0.783. The molecule has 3 atom stereocenters. The van der Waals surface area contributed by atoms with Gasteiger partial charge < -0.3 is 24.6 Å². The van der Waals surface area contributed by atoms with Crippen molar-refractivity contribution in [2.75, 3.05) is 26.4 Å². The van der Waals surface area contributed by atoms with E-state index in [2.05, 4.69) is 62.5 Å². The zero-order valence-electron chi connectivity index (χ0n) is 36.0. The number of phosphoric ester groups is 1. The van der Waals surface area contributed by atoms with Crippen molar-refractivity contribution >= 4 is 19.8 Å². The number of aliphatic hydroxyl groups excluding tert-OH is 2. The van der Waals surface area contributed by atoms with Crippen molar-refractivity contribution in [2.24, 2.45) is 0 Å². The third-order valence-electron chi connectivity index (χ3n) is 9.51. The Morgan fingerprint density at radius 1 is 0.474 bits per heavy atom. The van der Waals surface area contributed by atoms with E-state index in [0.717, 1.165) is 70.6 Å². The lowest BCUT2D eigenvalue weighted by Crippen LogP contribution is -2.28. The van der Waals surface area contributed by atoms with Crippen molar-refractivity contribution < 1.29 is 47.8 Å². The molecule has 0 aromatic rings. The average Bonchev–Trinajstić information content (AvgIpc) is 3.20. The molecule has 3 unspecified atom stereocenters. The predicted molar refractivity (Wildman–Crippen MR) is 233 cm³/mol. The van der Waals surface area contributed by atoms with Crippen LogP contribution < -0.4 is 0 Å². The number of aliphatic hydroxyl groups is 2. The zero-order chi connectivity index (χ0) is 41.9. The van der Waals surface area contributed by atoms with Gasteiger partial charge in [-0.25, -0.2) is 4.57 Å². The highest BCUT2D eigenvalue weighted by Gasteiger charge is 2.27. The van der Waals surface area contributed by atoms with E-state index in [1.165, 1.54) is 83.5 Å². The predicted octanol–water partition coefficient (Wildman–Crippen LogP) is 12.1. The van der Waals surface area contributed by atoms with Gasteiger partial charge in [0.15, 0.2) is 0 Å². The minimum absolute atomic E-state index is 0.175. The van der Waals surface area contributed by atoms with Crippen molar-refractivity contribution in [3.8, 4) is 0 Å². The Kier molecular flexibility index (Phi) is 40.5. The van der Waals surface area contributed by atoms with Gasteiger partial charge in [-0.1, -0.05) is 152 Å². The van der Waals surface area contributed by atoms with Gasteiger partial charge in [0.2, 0.25) is 0 Å². The number of hydrogen-bond acceptors (Lipinski definition) is 9. The summed E-state index contributed by atoms with van der Waals surface area (Å²) in [5, 5.41) is 19.2. The maximum atomic E-state index is 12.4. The molecule has 0 aromatic carbocycles. The van der Waals surface area contributed by atoms with Gasteiger partial charge in [-0.05, 0) is 77.0 Å². The molecule has 0 heterocycles. The minimum Gasteiger partial charge on any atom is -0.457 e. The van der Waals surface area contributed by atoms with Crippen LogP contribution >= 0.6 is 7.82 Å². The molecular weight excluding hydrogens is 743 g/mol. The number of phosphoric acid groups is 1. The Balaban J connectivity index is 3.94. The van der Waals surface area contributed by atoms with E-state index in [0.29, 0.717) is 12.8 Å². The second-order valence-electron chi connectivity index (χ2n) is 15.0. The first-order chi connectivity index (χ1) is 27.8. The lowest BCUT2D eigenvalue weighted by Gasteiger charge is -2.20. The largest absolute Gasteiger partial charge is 0.472 e. The fourth-order valence-corrected chi connectivity index (χ4v) is 6.78. The highest BCUT2D eigenvalue weighted by atomic mass is 31.2. The van der Waals surface area contributed by atoms with Gasteiger partial charge >= 0.3 is 19.8 Å². The second-order valence-corrected chi connectivity index (χ2v) is 16.5. The summed E-state index contributed by atoms with van der Waals surface area (Å²) in [4.78, 5) is 34.5. The van der Waals surface area contributed by atoms with E-state index in [1.807, 2.05) is 0 Å². The Morgan fingerprint density at radius 3 is 1.09 bits per heavy atom. The molecule has 10 nitrogen and oxygen atoms in total. The first-order valence-corrected chi connectivity index (χ1v) is 24.1. The van der Waals surface area contributed by atoms with Gasteiger partial charge in [-0.2, -0.15) is 0 Å². The summed E-state index contributed by atoms with van der Waals surface area (Å²) in [6.45, 7) is 2.15. The topological polar surface area (TPSA) is 149 Å². The van der Waals surface area contributed by atoms with Gasteiger partial charge in [0.1, 0.15) is 12.2 Å². The average molecular weight is 827 g/mol. The molecule has 332 valence electrons. The molecule has 57 heavy (non-hydrogen) atoms. The Labute approximate surface area is 347 Å². The fourth-order valence-electron chi connectivity index (χ4n) is 6.00. The number of hydrogen-bond donors (Lipinski definition) is 3. The molecule has 0 bridgehead atoms. The Hall–Kier alpha value is -2.07. The third-order valence-corrected chi connectivity index (χ3v) is 10.5. The van der Waals surface area contributed by atoms with E-state index in [9.17, 15) is 29.3 Å². The summed E-state index contributed by atoms with van der Waals surface area (Å²) in [7, 11) is -4.64. The minimum atomic E-state index is -4.64. The van der Waals surface area contributed by atoms with Crippen LogP contribution in [0.4, 0.5) is 0 Å². The Morgan fingerprint density at radius 2 is 0.772 bits per heavy atom. The zero-order valence-corrected chi connectivity index (χ0v) is 36.9. The highest BCUT2D eigenvalue weighted by Crippen LogP contribution is 2.43. The molecule has 0 rings (SSSR count). The molecule has 0 saturated carbocycles. The molecule has 11 heteroatoms. The van der Waals surface area contributed by atoms with Gasteiger partial charge in [0, 0.05) is 12.8 Å². The molecule has 0 radical (unpaired) electrons. The van der Waals surface area contributed by atoms with Crippen LogP contribution in [0.2, 0.25) is 0 Å². The first kappa shape index (κ1) is 54.9. The van der Waals surface area contributed by atoms with Crippen molar-refractivity contribution in [3.63, 3.8) is 0 Å². The van der Waals surface area contributed by atoms with Crippen LogP contribution in [0.1, 0.15) is 194 Å². The summed E-state index contributed by atoms with van der Waals surface area (Å²) >= 11 is 0. The number of rotatable bonds is 42. The van der Waals surface area contributed by atoms with Crippen molar-refractivity contribution in [3.05, 3.63) is 48.6 Å². The van der Waals surface area contributed by atoms with Gasteiger partial charge in [-0.3, -0.25) is 18.6 Å². The van der Waals surface area contributed by atoms with Crippen LogP contribution in [0.25, 0.3) is 0 Å². The number of esters is 2. The summed E-state index contributed by atoms with van der Waals surface area (Å²) in [5.74, 6) is -1.04. The van der Waals surface area contributed by atoms with Gasteiger partial charge in [0.25, 0.3) is 0 Å². The third kappa shape index (κ3) is 40.5. The molecule has 0 saturated heterocycles. The molecule has 0 fully saturated rings. The molecule has 0 aromatic heterocycles. The number of ether oxygens (including phenoxy) is 2. The van der Waals surface area contributed by atoms with Crippen LogP contribution in [0.15, 0.2) is 48.6 Å². The van der Waals surface area contributed by atoms with E-state index >= 15 is 0 Å². The number of carbonyl (C=O) groups excluding carboxylic acids is 2. The quantitative estimate of drug-likeness (QED) is 0.0235. The van der Waals surface area contributed by atoms with Crippen molar-refractivity contribution in [1.82, 2.24) is 0 Å². The van der Waals surface area contributed by atoms with Crippen LogP contribution in [0.3, 0.4) is 0 Å². The maximum absolute atomic E-state index is 12.4. The summed E-state index contributed by atoms with van der Waals surface area (Å²) in [6, 6.07) is 0. The standard InChI is InChI=1S/C46H83O10P/c1-3-5-7-9-11-13-15-17-19-21-22-24-26-28-30-32-34-36-38-46(50)56-44(40-48)42-54-57(51,52)53-41-43(39-47)55-45(49)37-35-33-31-29-27-25-23-20-18-16-14-12-10-8-6-4-2/h13-16,19-21,23,43-44,47-48H,3-12,17-18,22,24-42H2,1-2H3,(H,51,52)/b15-13-,16-14-,21-19-,23-20-. The van der Waals surface area contributed by atoms with Crippen molar-refractivity contribution in [2.45, 2.75) is 206 Å². The van der Waals surface area contributed by atoms with E-state index < -0.39 is 58.4 Å². The smallest absolute Gasteiger partial charge is 0.457 e. The van der Waals surface area contributed by atoms with Gasteiger partial charge in [-0.15, -0.1) is 0 Å². The van der Waals surface area contributed by atoms with E-state index in [-0.39, 0.29) is 12.8 Å². The molecule has 0 amide bonds. The van der Waals surface area contributed by atoms with Crippen LogP contribution in [0.5, 0.6) is 0 Å². The van der Waals surface area contributed by atoms with E-state index in [4.69, 9.17) is 18.5 Å². The van der Waals surface area contributed by atoms with Crippen LogP contribution in [-0.2, 0) is 32.7 Å². The maximum Gasteiger partial charge on any atom is 0.472 e. The summed E-state index contributed by atoms with van der Waals surface area (Å²) in [6.07, 6.45) is 45.0. The second kappa shape index (κ2) is 42.1. The van der Waals surface area contributed by atoms with Gasteiger partial charge in [0.05, 0.1) is 26.4 Å². The molecule has 0 aliphatic rings.